The van der Waals surface area contributed by atoms with E-state index in [9.17, 15) is 4.79 Å². The third-order valence-corrected chi connectivity index (χ3v) is 3.93. The molecule has 0 aliphatic heterocycles. The zero-order valence-electron chi connectivity index (χ0n) is 12.8. The van der Waals surface area contributed by atoms with E-state index in [-0.39, 0.29) is 6.61 Å². The summed E-state index contributed by atoms with van der Waals surface area (Å²) in [4.78, 5) is 11.3. The highest BCUT2D eigenvalue weighted by atomic mass is 35.5. The van der Waals surface area contributed by atoms with Crippen molar-refractivity contribution in [3.63, 3.8) is 0 Å². The fraction of sp³-hybridized carbons (Fsp3) is 0.235. The summed E-state index contributed by atoms with van der Waals surface area (Å²) in [5.41, 5.74) is 1.60. The highest BCUT2D eigenvalue weighted by molar-refractivity contribution is 6.31. The molecular formula is C17H16Cl2O4. The van der Waals surface area contributed by atoms with Crippen molar-refractivity contribution in [1.29, 1.82) is 0 Å². The van der Waals surface area contributed by atoms with Gasteiger partial charge in [0.05, 0.1) is 17.7 Å². The minimum absolute atomic E-state index is 0.133. The molecule has 23 heavy (non-hydrogen) atoms. The topological polar surface area (TPSA) is 44.8 Å². The van der Waals surface area contributed by atoms with Crippen molar-refractivity contribution >= 4 is 29.4 Å². The van der Waals surface area contributed by atoms with Crippen molar-refractivity contribution in [3.05, 3.63) is 57.6 Å². The summed E-state index contributed by atoms with van der Waals surface area (Å²) >= 11 is 12.3. The molecule has 0 spiro atoms. The van der Waals surface area contributed by atoms with Crippen molar-refractivity contribution in [2.24, 2.45) is 0 Å². The van der Waals surface area contributed by atoms with Crippen molar-refractivity contribution < 1.29 is 19.0 Å². The van der Waals surface area contributed by atoms with E-state index in [0.717, 1.165) is 12.0 Å². The van der Waals surface area contributed by atoms with Gasteiger partial charge in [-0.2, -0.15) is 0 Å². The summed E-state index contributed by atoms with van der Waals surface area (Å²) in [6, 6.07) is 10.5. The van der Waals surface area contributed by atoms with E-state index < -0.39 is 6.16 Å². The van der Waals surface area contributed by atoms with Gasteiger partial charge in [-0.15, -0.1) is 0 Å². The Labute approximate surface area is 144 Å². The molecular weight excluding hydrogens is 339 g/mol. The van der Waals surface area contributed by atoms with Crippen LogP contribution in [0.3, 0.4) is 0 Å². The first-order chi connectivity index (χ1) is 11.0. The van der Waals surface area contributed by atoms with Crippen LogP contribution in [0.4, 0.5) is 4.79 Å². The summed E-state index contributed by atoms with van der Waals surface area (Å²) in [5, 5.41) is 1.08. The highest BCUT2D eigenvalue weighted by Gasteiger charge is 2.13. The molecule has 0 unspecified atom stereocenters. The Bertz CT molecular complexity index is 701. The van der Waals surface area contributed by atoms with Crippen molar-refractivity contribution in [3.8, 4) is 11.5 Å². The molecule has 0 N–H and O–H groups in total. The van der Waals surface area contributed by atoms with E-state index in [0.29, 0.717) is 27.1 Å². The van der Waals surface area contributed by atoms with E-state index in [2.05, 4.69) is 4.74 Å². The van der Waals surface area contributed by atoms with Gasteiger partial charge in [0.2, 0.25) is 0 Å². The van der Waals surface area contributed by atoms with Crippen molar-refractivity contribution in [2.45, 2.75) is 20.0 Å². The van der Waals surface area contributed by atoms with Crippen LogP contribution in [-0.2, 0) is 17.8 Å². The Morgan fingerprint density at radius 2 is 1.91 bits per heavy atom. The second-order valence-electron chi connectivity index (χ2n) is 4.67. The van der Waals surface area contributed by atoms with Crippen LogP contribution < -0.4 is 9.47 Å². The van der Waals surface area contributed by atoms with Crippen LogP contribution in [0.15, 0.2) is 36.4 Å². The minimum Gasteiger partial charge on any atom is -0.489 e. The van der Waals surface area contributed by atoms with Crippen molar-refractivity contribution in [1.82, 2.24) is 0 Å². The molecule has 122 valence electrons. The third kappa shape index (κ3) is 4.53. The monoisotopic (exact) mass is 354 g/mol. The Morgan fingerprint density at radius 3 is 2.57 bits per heavy atom. The molecule has 0 saturated carbocycles. The Hall–Kier alpha value is -1.91. The molecule has 0 aromatic heterocycles. The first-order valence-corrected chi connectivity index (χ1v) is 7.75. The molecule has 0 aliphatic carbocycles. The maximum atomic E-state index is 11.3. The molecule has 0 aliphatic rings. The Kier molecular flexibility index (Phi) is 6.13. The van der Waals surface area contributed by atoms with E-state index in [1.54, 1.807) is 24.3 Å². The van der Waals surface area contributed by atoms with Crippen LogP contribution in [0.2, 0.25) is 10.0 Å². The maximum Gasteiger partial charge on any atom is 0.513 e. The number of benzene rings is 2. The molecule has 2 aromatic carbocycles. The van der Waals surface area contributed by atoms with Gasteiger partial charge in [0, 0.05) is 5.02 Å². The van der Waals surface area contributed by atoms with Gasteiger partial charge in [0.15, 0.2) is 0 Å². The number of carbonyl (C=O) groups is 1. The summed E-state index contributed by atoms with van der Waals surface area (Å²) in [6.45, 7) is 2.16. The van der Waals surface area contributed by atoms with Gasteiger partial charge >= 0.3 is 6.16 Å². The predicted octanol–water partition coefficient (Wildman–Crippen LogP) is 5.28. The molecule has 2 aromatic rings. The zero-order chi connectivity index (χ0) is 16.8. The van der Waals surface area contributed by atoms with E-state index >= 15 is 0 Å². The molecule has 4 nitrogen and oxygen atoms in total. The SMILES string of the molecule is CCc1ccc(OCc2c(Cl)cccc2OC(=O)OC)cc1Cl. The third-order valence-electron chi connectivity index (χ3n) is 3.22. The molecule has 0 amide bonds. The molecule has 2 rings (SSSR count). The van der Waals surface area contributed by atoms with E-state index in [1.165, 1.54) is 7.11 Å². The average Bonchev–Trinajstić information content (AvgIpc) is 2.54. The summed E-state index contributed by atoms with van der Waals surface area (Å²) in [5.74, 6) is 0.900. The average molecular weight is 355 g/mol. The molecule has 0 saturated heterocycles. The molecule has 0 bridgehead atoms. The van der Waals surface area contributed by atoms with Gasteiger partial charge in [0.1, 0.15) is 18.1 Å². The van der Waals surface area contributed by atoms with Gasteiger partial charge in [-0.3, -0.25) is 0 Å². The maximum absolute atomic E-state index is 11.3. The number of rotatable bonds is 5. The smallest absolute Gasteiger partial charge is 0.489 e. The molecule has 0 atom stereocenters. The lowest BCUT2D eigenvalue weighted by molar-refractivity contribution is 0.120. The summed E-state index contributed by atoms with van der Waals surface area (Å²) < 4.78 is 15.3. The Balaban J connectivity index is 2.16. The normalized spacial score (nSPS) is 10.3. The molecule has 6 heteroatoms. The first kappa shape index (κ1) is 17.4. The lowest BCUT2D eigenvalue weighted by atomic mass is 10.1. The summed E-state index contributed by atoms with van der Waals surface area (Å²) in [6.07, 6.45) is 0.0321. The van der Waals surface area contributed by atoms with Gasteiger partial charge in [-0.1, -0.05) is 42.3 Å². The van der Waals surface area contributed by atoms with Crippen LogP contribution >= 0.6 is 23.2 Å². The first-order valence-electron chi connectivity index (χ1n) is 6.99. The van der Waals surface area contributed by atoms with Gasteiger partial charge in [-0.05, 0) is 36.2 Å². The lowest BCUT2D eigenvalue weighted by Gasteiger charge is -2.13. The largest absolute Gasteiger partial charge is 0.513 e. The summed E-state index contributed by atoms with van der Waals surface area (Å²) in [7, 11) is 1.24. The highest BCUT2D eigenvalue weighted by Crippen LogP contribution is 2.29. The van der Waals surface area contributed by atoms with Crippen LogP contribution in [0.1, 0.15) is 18.1 Å². The fourth-order valence-corrected chi connectivity index (χ4v) is 2.49. The second-order valence-corrected chi connectivity index (χ2v) is 5.48. The lowest BCUT2D eigenvalue weighted by Crippen LogP contribution is -2.10. The minimum atomic E-state index is -0.816. The zero-order valence-corrected chi connectivity index (χ0v) is 14.3. The van der Waals surface area contributed by atoms with Gasteiger partial charge < -0.3 is 14.2 Å². The van der Waals surface area contributed by atoms with E-state index in [4.69, 9.17) is 32.7 Å². The number of carbonyl (C=O) groups excluding carboxylic acids is 1. The standard InChI is InChI=1S/C17H16Cl2O4/c1-3-11-7-8-12(9-15(11)19)22-10-13-14(18)5-4-6-16(13)23-17(20)21-2/h4-9H,3,10H2,1-2H3. The number of hydrogen-bond donors (Lipinski definition) is 0. The Morgan fingerprint density at radius 1 is 1.13 bits per heavy atom. The van der Waals surface area contributed by atoms with Crippen LogP contribution in [-0.4, -0.2) is 13.3 Å². The number of halogens is 2. The predicted molar refractivity (Wildman–Crippen MR) is 89.6 cm³/mol. The quantitative estimate of drug-likeness (QED) is 0.541. The fourth-order valence-electron chi connectivity index (χ4n) is 1.97. The number of hydrogen-bond acceptors (Lipinski definition) is 4. The van der Waals surface area contributed by atoms with Crippen molar-refractivity contribution in [2.75, 3.05) is 7.11 Å². The molecule has 0 fully saturated rings. The number of aryl methyl sites for hydroxylation is 1. The van der Waals surface area contributed by atoms with Crippen LogP contribution in [0.25, 0.3) is 0 Å². The van der Waals surface area contributed by atoms with Gasteiger partial charge in [-0.25, -0.2) is 4.79 Å². The molecule has 0 heterocycles. The molecule has 0 radical (unpaired) electrons. The van der Waals surface area contributed by atoms with Gasteiger partial charge in [0.25, 0.3) is 0 Å². The van der Waals surface area contributed by atoms with Crippen LogP contribution in [0.5, 0.6) is 11.5 Å². The number of ether oxygens (including phenoxy) is 3. The second kappa shape index (κ2) is 8.09. The van der Waals surface area contributed by atoms with Crippen LogP contribution in [0, 0.1) is 0 Å². The number of methoxy groups -OCH3 is 1. The van der Waals surface area contributed by atoms with E-state index in [1.807, 2.05) is 19.1 Å².